The second-order valence-corrected chi connectivity index (χ2v) is 9.08. The molecule has 9 nitrogen and oxygen atoms in total. The highest BCUT2D eigenvalue weighted by molar-refractivity contribution is 7.99. The van der Waals surface area contributed by atoms with Crippen LogP contribution in [0, 0.1) is 0 Å². The third-order valence-corrected chi connectivity index (χ3v) is 6.69. The Bertz CT molecular complexity index is 1200. The van der Waals surface area contributed by atoms with Crippen molar-refractivity contribution < 1.29 is 18.7 Å². The number of carbonyl (C=O) groups is 2. The highest BCUT2D eigenvalue weighted by Crippen LogP contribution is 2.40. The third kappa shape index (κ3) is 4.72. The summed E-state index contributed by atoms with van der Waals surface area (Å²) in [6, 6.07) is 12.5. The Morgan fingerprint density at radius 1 is 1.21 bits per heavy atom. The highest BCUT2D eigenvalue weighted by atomic mass is 32.2. The number of rotatable bonds is 9. The topological polar surface area (TPSA) is 111 Å². The van der Waals surface area contributed by atoms with E-state index in [4.69, 9.17) is 9.15 Å². The molecule has 10 heteroatoms. The van der Waals surface area contributed by atoms with Gasteiger partial charge in [-0.1, -0.05) is 42.1 Å². The standard InChI is InChI=1S/C24H25N5O4S/c1-2-32-22(30)19-17(25-23(31)26-20(19)18-9-6-12-33-18)14-34-24-28-27-21(16-10-11-16)29(24)13-15-7-4-3-5-8-15/h3-9,12,16,20H,2,10-11,13-14H2,1H3,(H2,25,26,31). The van der Waals surface area contributed by atoms with Gasteiger partial charge < -0.3 is 24.4 Å². The molecule has 0 bridgehead atoms. The molecule has 1 aliphatic heterocycles. The molecule has 2 aromatic heterocycles. The summed E-state index contributed by atoms with van der Waals surface area (Å²) in [5.74, 6) is 1.69. The zero-order valence-electron chi connectivity index (χ0n) is 18.7. The van der Waals surface area contributed by atoms with Gasteiger partial charge in [0.15, 0.2) is 5.16 Å². The van der Waals surface area contributed by atoms with Gasteiger partial charge in [-0.05, 0) is 37.5 Å². The predicted octanol–water partition coefficient (Wildman–Crippen LogP) is 3.76. The van der Waals surface area contributed by atoms with Crippen LogP contribution in [0.1, 0.15) is 48.9 Å². The molecule has 1 aromatic carbocycles. The number of nitrogens with zero attached hydrogens (tertiary/aromatic N) is 3. The number of benzene rings is 1. The fraction of sp³-hybridized carbons (Fsp3) is 0.333. The van der Waals surface area contributed by atoms with Gasteiger partial charge in [0.25, 0.3) is 0 Å². The van der Waals surface area contributed by atoms with Crippen molar-refractivity contribution in [2.24, 2.45) is 0 Å². The fourth-order valence-electron chi connectivity index (χ4n) is 3.95. The van der Waals surface area contributed by atoms with Crippen LogP contribution < -0.4 is 10.6 Å². The maximum Gasteiger partial charge on any atom is 0.338 e. The SMILES string of the molecule is CCOC(=O)C1=C(CSc2nnc(C3CC3)n2Cc2ccccc2)NC(=O)NC1c1ccco1. The number of urea groups is 1. The lowest BCUT2D eigenvalue weighted by molar-refractivity contribution is -0.139. The Kier molecular flexibility index (Phi) is 6.39. The van der Waals surface area contributed by atoms with E-state index in [1.165, 1.54) is 18.0 Å². The van der Waals surface area contributed by atoms with Crippen LogP contribution in [0.25, 0.3) is 0 Å². The summed E-state index contributed by atoms with van der Waals surface area (Å²) >= 11 is 1.43. The molecule has 1 saturated carbocycles. The summed E-state index contributed by atoms with van der Waals surface area (Å²) in [4.78, 5) is 25.3. The van der Waals surface area contributed by atoms with Gasteiger partial charge >= 0.3 is 12.0 Å². The van der Waals surface area contributed by atoms with E-state index in [0.717, 1.165) is 29.4 Å². The number of hydrogen-bond acceptors (Lipinski definition) is 7. The number of nitrogens with one attached hydrogen (secondary N) is 2. The van der Waals surface area contributed by atoms with Crippen molar-refractivity contribution in [3.8, 4) is 0 Å². The molecule has 1 fully saturated rings. The van der Waals surface area contributed by atoms with E-state index < -0.39 is 18.0 Å². The lowest BCUT2D eigenvalue weighted by atomic mass is 10.0. The molecule has 2 amide bonds. The van der Waals surface area contributed by atoms with E-state index in [1.807, 2.05) is 18.2 Å². The van der Waals surface area contributed by atoms with Crippen LogP contribution in [0.3, 0.4) is 0 Å². The monoisotopic (exact) mass is 479 g/mol. The van der Waals surface area contributed by atoms with Crippen LogP contribution in [0.2, 0.25) is 0 Å². The van der Waals surface area contributed by atoms with E-state index in [1.54, 1.807) is 19.1 Å². The lowest BCUT2D eigenvalue weighted by Gasteiger charge is -2.27. The Morgan fingerprint density at radius 2 is 2.03 bits per heavy atom. The second-order valence-electron chi connectivity index (χ2n) is 8.14. The van der Waals surface area contributed by atoms with Gasteiger partial charge in [0.05, 0.1) is 25.0 Å². The van der Waals surface area contributed by atoms with Crippen molar-refractivity contribution in [1.29, 1.82) is 0 Å². The molecule has 1 unspecified atom stereocenters. The number of carbonyl (C=O) groups excluding carboxylic acids is 2. The summed E-state index contributed by atoms with van der Waals surface area (Å²) < 4.78 is 12.9. The van der Waals surface area contributed by atoms with Gasteiger partial charge in [0.2, 0.25) is 0 Å². The first-order chi connectivity index (χ1) is 16.6. The maximum absolute atomic E-state index is 12.9. The molecular weight excluding hydrogens is 454 g/mol. The number of amides is 2. The number of aromatic nitrogens is 3. The molecule has 3 aromatic rings. The number of ether oxygens (including phenoxy) is 1. The Hall–Kier alpha value is -3.53. The third-order valence-electron chi connectivity index (χ3n) is 5.69. The van der Waals surface area contributed by atoms with Crippen molar-refractivity contribution in [2.75, 3.05) is 12.4 Å². The number of hydrogen-bond donors (Lipinski definition) is 2. The molecule has 1 aliphatic carbocycles. The van der Waals surface area contributed by atoms with E-state index >= 15 is 0 Å². The second kappa shape index (κ2) is 9.76. The molecule has 34 heavy (non-hydrogen) atoms. The molecule has 5 rings (SSSR count). The fourth-order valence-corrected chi connectivity index (χ4v) is 4.87. The summed E-state index contributed by atoms with van der Waals surface area (Å²) in [5.41, 5.74) is 1.95. The Labute approximate surface area is 201 Å². The quantitative estimate of drug-likeness (QED) is 0.355. The van der Waals surface area contributed by atoms with Gasteiger partial charge in [-0.2, -0.15) is 0 Å². The number of esters is 1. The van der Waals surface area contributed by atoms with Crippen LogP contribution >= 0.6 is 11.8 Å². The first-order valence-electron chi connectivity index (χ1n) is 11.2. The summed E-state index contributed by atoms with van der Waals surface area (Å²) in [5, 5.41) is 15.2. The zero-order chi connectivity index (χ0) is 23.5. The summed E-state index contributed by atoms with van der Waals surface area (Å²) in [6.45, 7) is 2.63. The molecule has 0 saturated heterocycles. The zero-order valence-corrected chi connectivity index (χ0v) is 19.5. The van der Waals surface area contributed by atoms with Gasteiger partial charge in [-0.3, -0.25) is 0 Å². The van der Waals surface area contributed by atoms with E-state index in [2.05, 4.69) is 37.5 Å². The molecule has 3 heterocycles. The Balaban J connectivity index is 1.45. The molecule has 2 aliphatic rings. The van der Waals surface area contributed by atoms with E-state index in [-0.39, 0.29) is 6.61 Å². The van der Waals surface area contributed by atoms with Gasteiger partial charge in [0, 0.05) is 17.4 Å². The van der Waals surface area contributed by atoms with Crippen molar-refractivity contribution in [1.82, 2.24) is 25.4 Å². The Morgan fingerprint density at radius 3 is 2.74 bits per heavy atom. The van der Waals surface area contributed by atoms with Crippen molar-refractivity contribution in [3.05, 3.63) is 77.1 Å². The molecule has 1 atom stereocenters. The first-order valence-corrected chi connectivity index (χ1v) is 12.2. The highest BCUT2D eigenvalue weighted by Gasteiger charge is 2.36. The molecule has 176 valence electrons. The smallest absolute Gasteiger partial charge is 0.338 e. The van der Waals surface area contributed by atoms with Crippen LogP contribution in [0.15, 0.2) is 69.6 Å². The minimum Gasteiger partial charge on any atom is -0.467 e. The van der Waals surface area contributed by atoms with Crippen molar-refractivity contribution in [3.63, 3.8) is 0 Å². The van der Waals surface area contributed by atoms with E-state index in [0.29, 0.717) is 35.2 Å². The van der Waals surface area contributed by atoms with Gasteiger partial charge in [-0.25, -0.2) is 9.59 Å². The molecule has 0 radical (unpaired) electrons. The lowest BCUT2D eigenvalue weighted by Crippen LogP contribution is -2.46. The largest absolute Gasteiger partial charge is 0.467 e. The first kappa shape index (κ1) is 22.3. The average molecular weight is 480 g/mol. The molecular formula is C24H25N5O4S. The van der Waals surface area contributed by atoms with Crippen LogP contribution in [0.4, 0.5) is 4.79 Å². The maximum atomic E-state index is 12.9. The summed E-state index contributed by atoms with van der Waals surface area (Å²) in [7, 11) is 0. The predicted molar refractivity (Wildman–Crippen MR) is 125 cm³/mol. The van der Waals surface area contributed by atoms with E-state index in [9.17, 15) is 9.59 Å². The van der Waals surface area contributed by atoms with Crippen LogP contribution in [0.5, 0.6) is 0 Å². The minimum atomic E-state index is -0.734. The van der Waals surface area contributed by atoms with Gasteiger partial charge in [0.1, 0.15) is 17.6 Å². The molecule has 0 spiro atoms. The normalized spacial score (nSPS) is 17.9. The summed E-state index contributed by atoms with van der Waals surface area (Å²) in [6.07, 6.45) is 3.73. The molecule has 2 N–H and O–H groups in total. The van der Waals surface area contributed by atoms with Gasteiger partial charge in [-0.15, -0.1) is 10.2 Å². The average Bonchev–Trinajstić information content (AvgIpc) is 3.37. The number of furan rings is 1. The number of thioether (sulfide) groups is 1. The van der Waals surface area contributed by atoms with Crippen molar-refractivity contribution in [2.45, 2.75) is 43.4 Å². The van der Waals surface area contributed by atoms with Crippen LogP contribution in [-0.2, 0) is 16.1 Å². The minimum absolute atomic E-state index is 0.220. The van der Waals surface area contributed by atoms with Crippen molar-refractivity contribution >= 4 is 23.8 Å². The van der Waals surface area contributed by atoms with Crippen LogP contribution in [-0.4, -0.2) is 39.1 Å².